The zero-order valence-electron chi connectivity index (χ0n) is 4.86. The van der Waals surface area contributed by atoms with Gasteiger partial charge in [-0.2, -0.15) is 0 Å². The molecular formula is C5H9O4. The fourth-order valence-corrected chi connectivity index (χ4v) is 0.756. The molecule has 9 heavy (non-hydrogen) atoms. The Bertz CT molecular complexity index is 85.0. The number of hydrogen-bond acceptors (Lipinski definition) is 3. The maximum absolute atomic E-state index is 10.6. The van der Waals surface area contributed by atoms with Gasteiger partial charge in [-0.3, -0.25) is 0 Å². The highest BCUT2D eigenvalue weighted by Crippen LogP contribution is 2.07. The van der Waals surface area contributed by atoms with E-state index in [0.717, 1.165) is 0 Å². The van der Waals surface area contributed by atoms with Gasteiger partial charge in [0, 0.05) is 0 Å². The van der Waals surface area contributed by atoms with E-state index in [0.29, 0.717) is 0 Å². The van der Waals surface area contributed by atoms with Crippen molar-refractivity contribution in [3.05, 3.63) is 0 Å². The molecule has 0 aromatic carbocycles. The van der Waals surface area contributed by atoms with Crippen LogP contribution in [0.4, 0.5) is 0 Å². The largest absolute Gasteiger partial charge is 0.388 e. The topological polar surface area (TPSA) is 69.6 Å². The van der Waals surface area contributed by atoms with Gasteiger partial charge in [-0.05, 0) is 0 Å². The molecule has 1 radical (unpaired) electrons. The molecule has 0 aromatic rings. The van der Waals surface area contributed by atoms with Crippen molar-refractivity contribution in [2.24, 2.45) is 0 Å². The first-order chi connectivity index (χ1) is 4.22. The van der Waals surface area contributed by atoms with Crippen LogP contribution in [0.15, 0.2) is 0 Å². The normalized spacial score (nSPS) is 39.0. The minimum absolute atomic E-state index is 0.0469. The minimum atomic E-state index is -1.29. The van der Waals surface area contributed by atoms with Crippen LogP contribution < -0.4 is 0 Å². The summed E-state index contributed by atoms with van der Waals surface area (Å²) in [5.74, 6) is 0. The summed E-state index contributed by atoms with van der Waals surface area (Å²) in [6.07, 6.45) is -3.39. The average molecular weight is 133 g/mol. The Hall–Kier alpha value is -0.160. The summed E-state index contributed by atoms with van der Waals surface area (Å²) in [4.78, 5) is 0. The van der Waals surface area contributed by atoms with E-state index in [9.17, 15) is 5.11 Å². The van der Waals surface area contributed by atoms with Crippen LogP contribution in [0.5, 0.6) is 0 Å². The van der Waals surface area contributed by atoms with Gasteiger partial charge in [0.2, 0.25) is 0 Å². The fraction of sp³-hybridized carbons (Fsp3) is 1.00. The lowest BCUT2D eigenvalue weighted by Crippen LogP contribution is -2.46. The predicted octanol–water partition coefficient (Wildman–Crippen LogP) is -1.46. The van der Waals surface area contributed by atoms with E-state index in [1.807, 2.05) is 0 Å². The van der Waals surface area contributed by atoms with E-state index in [4.69, 9.17) is 10.2 Å². The lowest BCUT2D eigenvalue weighted by molar-refractivity contribution is -0.171. The third-order valence-electron chi connectivity index (χ3n) is 1.34. The zero-order valence-corrected chi connectivity index (χ0v) is 4.86. The Kier molecular flexibility index (Phi) is 2.02. The Balaban J connectivity index is 2.41. The monoisotopic (exact) mass is 133 g/mol. The smallest absolute Gasteiger partial charge is 0.149 e. The molecule has 0 aromatic heterocycles. The molecule has 0 amide bonds. The minimum Gasteiger partial charge on any atom is -0.388 e. The lowest BCUT2D eigenvalue weighted by Gasteiger charge is -2.26. The van der Waals surface area contributed by atoms with Crippen LogP contribution in [0.1, 0.15) is 0 Å². The molecule has 0 bridgehead atoms. The van der Waals surface area contributed by atoms with Crippen LogP contribution in [0.2, 0.25) is 0 Å². The molecule has 53 valence electrons. The summed E-state index contributed by atoms with van der Waals surface area (Å²) in [5, 5.41) is 28.1. The van der Waals surface area contributed by atoms with Gasteiger partial charge in [-0.15, -0.1) is 0 Å². The number of hydrogen-bond donors (Lipinski definition) is 2. The van der Waals surface area contributed by atoms with E-state index >= 15 is 0 Å². The molecule has 1 rings (SSSR count). The molecule has 0 unspecified atom stereocenters. The maximum atomic E-state index is 10.6. The second-order valence-corrected chi connectivity index (χ2v) is 2.14. The van der Waals surface area contributed by atoms with Crippen LogP contribution in [0.25, 0.3) is 0 Å². The van der Waals surface area contributed by atoms with Gasteiger partial charge in [0.25, 0.3) is 0 Å². The van der Waals surface area contributed by atoms with Crippen molar-refractivity contribution < 1.29 is 20.1 Å². The lowest BCUT2D eigenvalue weighted by atomic mass is 10.1. The van der Waals surface area contributed by atoms with Gasteiger partial charge in [0.05, 0.1) is 13.2 Å². The number of aliphatic hydroxyl groups is 2. The SMILES string of the molecule is [O]C1[C@H](O)COC[C@H]1O. The Morgan fingerprint density at radius 1 is 1.22 bits per heavy atom. The van der Waals surface area contributed by atoms with Crippen LogP contribution in [-0.2, 0) is 9.84 Å². The van der Waals surface area contributed by atoms with Gasteiger partial charge < -0.3 is 14.9 Å². The van der Waals surface area contributed by atoms with Crippen LogP contribution in [-0.4, -0.2) is 41.7 Å². The molecule has 1 saturated heterocycles. The summed E-state index contributed by atoms with van der Waals surface area (Å²) in [6.45, 7) is 0.0937. The molecule has 1 aliphatic rings. The number of ether oxygens (including phenoxy) is 1. The van der Waals surface area contributed by atoms with Gasteiger partial charge in [-0.25, -0.2) is 5.11 Å². The third-order valence-corrected chi connectivity index (χ3v) is 1.34. The van der Waals surface area contributed by atoms with Crippen molar-refractivity contribution in [2.75, 3.05) is 13.2 Å². The Morgan fingerprint density at radius 2 is 1.67 bits per heavy atom. The summed E-state index contributed by atoms with van der Waals surface area (Å²) in [5.41, 5.74) is 0. The summed E-state index contributed by atoms with van der Waals surface area (Å²) < 4.78 is 4.66. The van der Waals surface area contributed by atoms with Crippen LogP contribution in [0, 0.1) is 0 Å². The summed E-state index contributed by atoms with van der Waals surface area (Å²) >= 11 is 0. The van der Waals surface area contributed by atoms with Crippen LogP contribution in [0.3, 0.4) is 0 Å². The highest BCUT2D eigenvalue weighted by molar-refractivity contribution is 4.78. The molecule has 2 atom stereocenters. The Morgan fingerprint density at radius 3 is 2.00 bits per heavy atom. The van der Waals surface area contributed by atoms with E-state index in [1.54, 1.807) is 0 Å². The highest BCUT2D eigenvalue weighted by Gasteiger charge is 2.30. The Labute approximate surface area is 52.7 Å². The average Bonchev–Trinajstić information content (AvgIpc) is 1.83. The zero-order chi connectivity index (χ0) is 6.85. The molecule has 4 heteroatoms. The van der Waals surface area contributed by atoms with E-state index in [2.05, 4.69) is 4.74 Å². The molecule has 2 N–H and O–H groups in total. The molecule has 0 aliphatic carbocycles. The first-order valence-corrected chi connectivity index (χ1v) is 2.81. The van der Waals surface area contributed by atoms with Crippen molar-refractivity contribution in [1.29, 1.82) is 0 Å². The van der Waals surface area contributed by atoms with Crippen molar-refractivity contribution in [2.45, 2.75) is 18.3 Å². The summed E-state index contributed by atoms with van der Waals surface area (Å²) in [7, 11) is 0. The van der Waals surface area contributed by atoms with E-state index < -0.39 is 18.3 Å². The van der Waals surface area contributed by atoms with Crippen molar-refractivity contribution in [3.8, 4) is 0 Å². The second-order valence-electron chi connectivity index (χ2n) is 2.14. The van der Waals surface area contributed by atoms with E-state index in [-0.39, 0.29) is 13.2 Å². The molecule has 1 aliphatic heterocycles. The third kappa shape index (κ3) is 1.40. The van der Waals surface area contributed by atoms with E-state index in [1.165, 1.54) is 0 Å². The number of rotatable bonds is 0. The summed E-state index contributed by atoms with van der Waals surface area (Å²) in [6, 6.07) is 0. The van der Waals surface area contributed by atoms with Gasteiger partial charge >= 0.3 is 0 Å². The molecular weight excluding hydrogens is 124 g/mol. The molecule has 0 spiro atoms. The van der Waals surface area contributed by atoms with Crippen molar-refractivity contribution in [3.63, 3.8) is 0 Å². The first-order valence-electron chi connectivity index (χ1n) is 2.81. The highest BCUT2D eigenvalue weighted by atomic mass is 16.5. The van der Waals surface area contributed by atoms with Gasteiger partial charge in [0.1, 0.15) is 18.3 Å². The van der Waals surface area contributed by atoms with Crippen LogP contribution >= 0.6 is 0 Å². The fourth-order valence-electron chi connectivity index (χ4n) is 0.756. The second kappa shape index (κ2) is 2.62. The molecule has 0 saturated carbocycles. The quantitative estimate of drug-likeness (QED) is 0.424. The molecule has 1 fully saturated rings. The predicted molar refractivity (Wildman–Crippen MR) is 27.3 cm³/mol. The standard InChI is InChI=1S/C5H9O4/c6-3-1-9-2-4(7)5(3)8/h3-7H,1-2H2/t3-,4-/m1/s1. The van der Waals surface area contributed by atoms with Crippen molar-refractivity contribution in [1.82, 2.24) is 0 Å². The van der Waals surface area contributed by atoms with Gasteiger partial charge in [-0.1, -0.05) is 0 Å². The maximum Gasteiger partial charge on any atom is 0.149 e. The van der Waals surface area contributed by atoms with Gasteiger partial charge in [0.15, 0.2) is 0 Å². The first kappa shape index (κ1) is 6.95. The number of aliphatic hydroxyl groups excluding tert-OH is 2. The molecule has 1 heterocycles. The molecule has 4 nitrogen and oxygen atoms in total. The van der Waals surface area contributed by atoms with Crippen molar-refractivity contribution >= 4 is 0 Å².